The fraction of sp³-hybridized carbons (Fsp3) is 0.600. The molecule has 0 rings (SSSR count). The van der Waals surface area contributed by atoms with Gasteiger partial charge in [-0.05, 0) is 20.8 Å². The molecule has 72 valence electrons. The first-order valence-electron chi connectivity index (χ1n) is 4.10. The van der Waals surface area contributed by atoms with Gasteiger partial charge in [0.2, 0.25) is 0 Å². The summed E-state index contributed by atoms with van der Waals surface area (Å²) in [5.74, 6) is 1.51. The third kappa shape index (κ3) is 2.59. The van der Waals surface area contributed by atoms with E-state index in [1.807, 2.05) is 0 Å². The van der Waals surface area contributed by atoms with Crippen LogP contribution in [-0.4, -0.2) is 18.4 Å². The van der Waals surface area contributed by atoms with Gasteiger partial charge in [0.1, 0.15) is 11.2 Å². The fourth-order valence-corrected chi connectivity index (χ4v) is 0.835. The van der Waals surface area contributed by atoms with Crippen molar-refractivity contribution in [3.63, 3.8) is 0 Å². The van der Waals surface area contributed by atoms with Crippen molar-refractivity contribution in [1.82, 2.24) is 0 Å². The summed E-state index contributed by atoms with van der Waals surface area (Å²) in [7, 11) is 0. The number of carbonyl (C=O) groups excluding carboxylic acids is 2. The first kappa shape index (κ1) is 11.7. The zero-order chi connectivity index (χ0) is 10.5. The van der Waals surface area contributed by atoms with Crippen LogP contribution in [-0.2, 0) is 14.3 Å². The molecule has 0 saturated heterocycles. The highest BCUT2D eigenvalue weighted by atomic mass is 16.5. The number of terminal acetylenes is 1. The van der Waals surface area contributed by atoms with Crippen LogP contribution in [0.5, 0.6) is 0 Å². The van der Waals surface area contributed by atoms with Crippen LogP contribution in [0.2, 0.25) is 0 Å². The first-order chi connectivity index (χ1) is 5.99. The minimum Gasteiger partial charge on any atom is -0.465 e. The van der Waals surface area contributed by atoms with Crippen molar-refractivity contribution in [2.75, 3.05) is 6.61 Å². The Bertz CT molecular complexity index is 249. The fourth-order valence-electron chi connectivity index (χ4n) is 0.835. The van der Waals surface area contributed by atoms with E-state index >= 15 is 0 Å². The van der Waals surface area contributed by atoms with Gasteiger partial charge in [-0.15, -0.1) is 12.3 Å². The van der Waals surface area contributed by atoms with Gasteiger partial charge in [0.25, 0.3) is 0 Å². The van der Waals surface area contributed by atoms with Gasteiger partial charge >= 0.3 is 5.97 Å². The molecule has 0 bridgehead atoms. The maximum atomic E-state index is 11.4. The number of ketones is 1. The molecule has 0 aliphatic rings. The summed E-state index contributed by atoms with van der Waals surface area (Å²) >= 11 is 0. The minimum absolute atomic E-state index is 0.0845. The molecule has 0 amide bonds. The van der Waals surface area contributed by atoms with Gasteiger partial charge < -0.3 is 4.74 Å². The van der Waals surface area contributed by atoms with E-state index in [9.17, 15) is 9.59 Å². The van der Waals surface area contributed by atoms with Crippen LogP contribution in [0.25, 0.3) is 0 Å². The summed E-state index contributed by atoms with van der Waals surface area (Å²) in [5, 5.41) is 0. The zero-order valence-electron chi connectivity index (χ0n) is 8.22. The molecule has 13 heavy (non-hydrogen) atoms. The molecular weight excluding hydrogens is 168 g/mol. The quantitative estimate of drug-likeness (QED) is 0.372. The lowest BCUT2D eigenvalue weighted by Crippen LogP contribution is -2.36. The molecule has 0 radical (unpaired) electrons. The van der Waals surface area contributed by atoms with Gasteiger partial charge in [0.15, 0.2) is 0 Å². The third-order valence-electron chi connectivity index (χ3n) is 1.96. The highest BCUT2D eigenvalue weighted by Crippen LogP contribution is 2.23. The third-order valence-corrected chi connectivity index (χ3v) is 1.96. The normalized spacial score (nSPS) is 14.0. The first-order valence-corrected chi connectivity index (χ1v) is 4.10. The number of hydrogen-bond acceptors (Lipinski definition) is 3. The molecule has 0 aliphatic heterocycles. The number of carbonyl (C=O) groups is 2. The summed E-state index contributed by atoms with van der Waals surface area (Å²) < 4.78 is 4.77. The van der Waals surface area contributed by atoms with Gasteiger partial charge in [-0.2, -0.15) is 0 Å². The number of ether oxygens (including phenoxy) is 1. The lowest BCUT2D eigenvalue weighted by atomic mass is 9.83. The van der Waals surface area contributed by atoms with Crippen LogP contribution in [0.15, 0.2) is 0 Å². The predicted molar refractivity (Wildman–Crippen MR) is 48.9 cm³/mol. The maximum Gasteiger partial charge on any atom is 0.320 e. The largest absolute Gasteiger partial charge is 0.465 e. The maximum absolute atomic E-state index is 11.4. The van der Waals surface area contributed by atoms with E-state index < -0.39 is 11.4 Å². The highest BCUT2D eigenvalue weighted by molar-refractivity contribution is 6.02. The number of esters is 1. The topological polar surface area (TPSA) is 43.4 Å². The van der Waals surface area contributed by atoms with Crippen LogP contribution in [0.1, 0.15) is 27.2 Å². The van der Waals surface area contributed by atoms with Gasteiger partial charge in [0, 0.05) is 6.42 Å². The molecule has 0 saturated carbocycles. The molecule has 1 unspecified atom stereocenters. The van der Waals surface area contributed by atoms with Crippen molar-refractivity contribution in [1.29, 1.82) is 0 Å². The molecule has 0 fully saturated rings. The van der Waals surface area contributed by atoms with Crippen LogP contribution in [0.3, 0.4) is 0 Å². The molecule has 0 heterocycles. The lowest BCUT2D eigenvalue weighted by Gasteiger charge is -2.21. The Labute approximate surface area is 78.5 Å². The summed E-state index contributed by atoms with van der Waals surface area (Å²) in [6.45, 7) is 4.79. The monoisotopic (exact) mass is 182 g/mol. The Hall–Kier alpha value is -1.30. The van der Waals surface area contributed by atoms with Gasteiger partial charge in [-0.1, -0.05) is 0 Å². The van der Waals surface area contributed by atoms with Crippen molar-refractivity contribution >= 4 is 11.8 Å². The zero-order valence-corrected chi connectivity index (χ0v) is 8.22. The highest BCUT2D eigenvalue weighted by Gasteiger charge is 2.38. The Morgan fingerprint density at radius 2 is 2.08 bits per heavy atom. The predicted octanol–water partition coefficient (Wildman–Crippen LogP) is 1.17. The molecule has 0 spiro atoms. The van der Waals surface area contributed by atoms with E-state index in [-0.39, 0.29) is 18.8 Å². The molecule has 3 heteroatoms. The molecule has 0 aromatic heterocycles. The number of rotatable bonds is 4. The van der Waals surface area contributed by atoms with Crippen molar-refractivity contribution < 1.29 is 14.3 Å². The van der Waals surface area contributed by atoms with E-state index in [0.29, 0.717) is 0 Å². The summed E-state index contributed by atoms with van der Waals surface area (Å²) in [4.78, 5) is 22.5. The second kappa shape index (κ2) is 4.66. The molecule has 1 atom stereocenters. The van der Waals surface area contributed by atoms with Crippen LogP contribution in [0, 0.1) is 17.8 Å². The molecule has 0 aromatic carbocycles. The summed E-state index contributed by atoms with van der Waals surface area (Å²) in [6, 6.07) is 0. The van der Waals surface area contributed by atoms with Gasteiger partial charge in [-0.25, -0.2) is 0 Å². The lowest BCUT2D eigenvalue weighted by molar-refractivity contribution is -0.158. The SMILES string of the molecule is C#CCC(C)(C(C)=O)C(=O)OCC. The standard InChI is InChI=1S/C10H14O3/c1-5-7-10(4,8(3)11)9(12)13-6-2/h1H,6-7H2,2-4H3. The van der Waals surface area contributed by atoms with Crippen LogP contribution >= 0.6 is 0 Å². The molecule has 0 N–H and O–H groups in total. The van der Waals surface area contributed by atoms with E-state index in [0.717, 1.165) is 0 Å². The summed E-state index contributed by atoms with van der Waals surface area (Å²) in [5.41, 5.74) is -1.18. The number of Topliss-reactive ketones (excluding diaryl/α,β-unsaturated/α-hetero) is 1. The smallest absolute Gasteiger partial charge is 0.320 e. The average molecular weight is 182 g/mol. The van der Waals surface area contributed by atoms with E-state index in [1.165, 1.54) is 13.8 Å². The van der Waals surface area contributed by atoms with E-state index in [4.69, 9.17) is 11.2 Å². The Morgan fingerprint density at radius 3 is 2.38 bits per heavy atom. The molecule has 0 aromatic rings. The van der Waals surface area contributed by atoms with Crippen LogP contribution < -0.4 is 0 Å². The van der Waals surface area contributed by atoms with Gasteiger partial charge in [-0.3, -0.25) is 9.59 Å². The van der Waals surface area contributed by atoms with Crippen molar-refractivity contribution in [3.05, 3.63) is 0 Å². The Kier molecular flexibility index (Phi) is 4.19. The van der Waals surface area contributed by atoms with Crippen molar-refractivity contribution in [2.45, 2.75) is 27.2 Å². The average Bonchev–Trinajstić information content (AvgIpc) is 2.04. The van der Waals surface area contributed by atoms with E-state index in [2.05, 4.69) is 5.92 Å². The van der Waals surface area contributed by atoms with E-state index in [1.54, 1.807) is 6.92 Å². The second-order valence-corrected chi connectivity index (χ2v) is 2.99. The Balaban J connectivity index is 4.70. The Morgan fingerprint density at radius 1 is 1.54 bits per heavy atom. The summed E-state index contributed by atoms with van der Waals surface area (Å²) in [6.07, 6.45) is 5.16. The van der Waals surface area contributed by atoms with Crippen molar-refractivity contribution in [2.24, 2.45) is 5.41 Å². The van der Waals surface area contributed by atoms with Crippen molar-refractivity contribution in [3.8, 4) is 12.3 Å². The molecular formula is C10H14O3. The van der Waals surface area contributed by atoms with Gasteiger partial charge in [0.05, 0.1) is 6.61 Å². The molecule has 3 nitrogen and oxygen atoms in total. The minimum atomic E-state index is -1.18. The number of hydrogen-bond donors (Lipinski definition) is 0. The second-order valence-electron chi connectivity index (χ2n) is 2.99. The molecule has 0 aliphatic carbocycles. The van der Waals surface area contributed by atoms with Crippen LogP contribution in [0.4, 0.5) is 0 Å².